The van der Waals surface area contributed by atoms with Crippen LogP contribution in [0.5, 0.6) is 0 Å². The number of halogens is 2. The van der Waals surface area contributed by atoms with Gasteiger partial charge in [0.25, 0.3) is 0 Å². The second kappa shape index (κ2) is 4.31. The smallest absolute Gasteiger partial charge is 0.339 e. The summed E-state index contributed by atoms with van der Waals surface area (Å²) in [5, 5.41) is 20.3. The van der Waals surface area contributed by atoms with Gasteiger partial charge in [-0.1, -0.05) is 23.2 Å². The SMILES string of the molecule is Cc1nn(-c2cc(Cl)nnc2Cl)cc1C(=O)O. The molecule has 0 saturated heterocycles. The molecular weight excluding hydrogens is 267 g/mol. The van der Waals surface area contributed by atoms with Crippen molar-refractivity contribution in [3.8, 4) is 5.69 Å². The van der Waals surface area contributed by atoms with Crippen molar-refractivity contribution < 1.29 is 9.90 Å². The third kappa shape index (κ3) is 2.22. The van der Waals surface area contributed by atoms with Crippen molar-refractivity contribution in [3.63, 3.8) is 0 Å². The molecule has 0 saturated carbocycles. The van der Waals surface area contributed by atoms with E-state index in [2.05, 4.69) is 15.3 Å². The van der Waals surface area contributed by atoms with Crippen LogP contribution in [0, 0.1) is 6.92 Å². The molecule has 0 amide bonds. The Morgan fingerprint density at radius 1 is 1.41 bits per heavy atom. The van der Waals surface area contributed by atoms with Crippen LogP contribution in [-0.4, -0.2) is 31.1 Å². The zero-order valence-corrected chi connectivity index (χ0v) is 10.1. The van der Waals surface area contributed by atoms with Gasteiger partial charge in [0.1, 0.15) is 11.3 Å². The van der Waals surface area contributed by atoms with Crippen LogP contribution in [0.3, 0.4) is 0 Å². The molecule has 17 heavy (non-hydrogen) atoms. The first-order valence-electron chi connectivity index (χ1n) is 4.47. The lowest BCUT2D eigenvalue weighted by Gasteiger charge is -2.02. The standard InChI is InChI=1S/C9H6Cl2N4O2/c1-4-5(9(16)17)3-15(14-4)6-2-7(10)12-13-8(6)11/h2-3H,1H3,(H,16,17). The van der Waals surface area contributed by atoms with E-state index in [-0.39, 0.29) is 15.9 Å². The first kappa shape index (κ1) is 11.8. The molecule has 8 heteroatoms. The Morgan fingerprint density at radius 3 is 2.71 bits per heavy atom. The molecule has 0 bridgehead atoms. The number of hydrogen-bond acceptors (Lipinski definition) is 4. The number of rotatable bonds is 2. The second-order valence-corrected chi connectivity index (χ2v) is 3.97. The van der Waals surface area contributed by atoms with E-state index < -0.39 is 5.97 Å². The van der Waals surface area contributed by atoms with E-state index in [1.165, 1.54) is 16.9 Å². The molecule has 1 N–H and O–H groups in total. The number of aromatic carboxylic acids is 1. The van der Waals surface area contributed by atoms with Crippen molar-refractivity contribution in [2.24, 2.45) is 0 Å². The Morgan fingerprint density at radius 2 is 2.12 bits per heavy atom. The van der Waals surface area contributed by atoms with Crippen LogP contribution in [-0.2, 0) is 0 Å². The van der Waals surface area contributed by atoms with Gasteiger partial charge in [0.05, 0.1) is 5.69 Å². The largest absolute Gasteiger partial charge is 0.478 e. The van der Waals surface area contributed by atoms with E-state index in [4.69, 9.17) is 28.3 Å². The molecule has 2 aromatic heterocycles. The lowest BCUT2D eigenvalue weighted by atomic mass is 10.3. The van der Waals surface area contributed by atoms with Crippen LogP contribution in [0.2, 0.25) is 10.3 Å². The summed E-state index contributed by atoms with van der Waals surface area (Å²) < 4.78 is 1.31. The molecular formula is C9H6Cl2N4O2. The summed E-state index contributed by atoms with van der Waals surface area (Å²) in [6.07, 6.45) is 1.34. The molecule has 88 valence electrons. The first-order chi connectivity index (χ1) is 7.99. The summed E-state index contributed by atoms with van der Waals surface area (Å²) in [6.45, 7) is 1.59. The predicted molar refractivity (Wildman–Crippen MR) is 60.9 cm³/mol. The topological polar surface area (TPSA) is 80.9 Å². The number of carboxylic acids is 1. The van der Waals surface area contributed by atoms with Crippen molar-refractivity contribution in [2.45, 2.75) is 6.92 Å². The number of aryl methyl sites for hydroxylation is 1. The predicted octanol–water partition coefficient (Wildman–Crippen LogP) is 1.98. The lowest BCUT2D eigenvalue weighted by molar-refractivity contribution is 0.0696. The van der Waals surface area contributed by atoms with Gasteiger partial charge in [-0.2, -0.15) is 5.10 Å². The van der Waals surface area contributed by atoms with E-state index in [1.807, 2.05) is 0 Å². The summed E-state index contributed by atoms with van der Waals surface area (Å²) in [5.41, 5.74) is 0.845. The Bertz CT molecular complexity index is 597. The summed E-state index contributed by atoms with van der Waals surface area (Å²) in [4.78, 5) is 10.9. The van der Waals surface area contributed by atoms with Gasteiger partial charge in [-0.3, -0.25) is 0 Å². The van der Waals surface area contributed by atoms with E-state index in [0.717, 1.165) is 0 Å². The third-order valence-corrected chi connectivity index (χ3v) is 2.53. The highest BCUT2D eigenvalue weighted by Gasteiger charge is 2.15. The minimum absolute atomic E-state index is 0.0915. The number of hydrogen-bond donors (Lipinski definition) is 1. The molecule has 0 atom stereocenters. The fourth-order valence-electron chi connectivity index (χ4n) is 1.30. The normalized spacial score (nSPS) is 10.5. The molecule has 2 aromatic rings. The molecule has 0 aliphatic carbocycles. The highest BCUT2D eigenvalue weighted by molar-refractivity contribution is 6.32. The van der Waals surface area contributed by atoms with Crippen molar-refractivity contribution in [1.29, 1.82) is 0 Å². The molecule has 2 heterocycles. The Kier molecular flexibility index (Phi) is 2.99. The van der Waals surface area contributed by atoms with Gasteiger partial charge in [-0.25, -0.2) is 9.48 Å². The van der Waals surface area contributed by atoms with Crippen molar-refractivity contribution in [3.05, 3.63) is 33.8 Å². The quantitative estimate of drug-likeness (QED) is 0.904. The monoisotopic (exact) mass is 272 g/mol. The van der Waals surface area contributed by atoms with Crippen LogP contribution in [0.1, 0.15) is 16.1 Å². The van der Waals surface area contributed by atoms with Gasteiger partial charge in [0, 0.05) is 12.3 Å². The number of nitrogens with zero attached hydrogens (tertiary/aromatic N) is 4. The fraction of sp³-hybridized carbons (Fsp3) is 0.111. The van der Waals surface area contributed by atoms with Gasteiger partial charge in [0.2, 0.25) is 0 Å². The minimum atomic E-state index is -1.06. The maximum Gasteiger partial charge on any atom is 0.339 e. The molecule has 0 aliphatic heterocycles. The summed E-state index contributed by atoms with van der Waals surface area (Å²) in [7, 11) is 0. The van der Waals surface area contributed by atoms with Crippen LogP contribution in [0.4, 0.5) is 0 Å². The maximum absolute atomic E-state index is 10.9. The molecule has 6 nitrogen and oxygen atoms in total. The fourth-order valence-corrected chi connectivity index (χ4v) is 1.62. The molecule has 0 aliphatic rings. The molecule has 0 radical (unpaired) electrons. The van der Waals surface area contributed by atoms with E-state index in [1.54, 1.807) is 6.92 Å². The summed E-state index contributed by atoms with van der Waals surface area (Å²) in [6, 6.07) is 1.45. The molecule has 0 spiro atoms. The van der Waals surface area contributed by atoms with Crippen LogP contribution in [0.25, 0.3) is 5.69 Å². The minimum Gasteiger partial charge on any atom is -0.478 e. The molecule has 0 unspecified atom stereocenters. The van der Waals surface area contributed by atoms with Crippen LogP contribution in [0.15, 0.2) is 12.3 Å². The third-order valence-electron chi connectivity index (χ3n) is 2.08. The van der Waals surface area contributed by atoms with E-state index in [9.17, 15) is 4.79 Å². The average molecular weight is 273 g/mol. The number of carboxylic acid groups (broad SMARTS) is 1. The second-order valence-electron chi connectivity index (χ2n) is 3.22. The van der Waals surface area contributed by atoms with Gasteiger partial charge in [0.15, 0.2) is 10.3 Å². The Labute approximate surface area is 106 Å². The van der Waals surface area contributed by atoms with Crippen molar-refractivity contribution >= 4 is 29.2 Å². The molecule has 2 rings (SSSR count). The lowest BCUT2D eigenvalue weighted by Crippen LogP contribution is -1.99. The van der Waals surface area contributed by atoms with E-state index >= 15 is 0 Å². The molecule has 0 fully saturated rings. The van der Waals surface area contributed by atoms with Gasteiger partial charge >= 0.3 is 5.97 Å². The maximum atomic E-state index is 10.9. The highest BCUT2D eigenvalue weighted by Crippen LogP contribution is 2.20. The van der Waals surface area contributed by atoms with Crippen LogP contribution >= 0.6 is 23.2 Å². The Hall–Kier alpha value is -1.66. The van der Waals surface area contributed by atoms with E-state index in [0.29, 0.717) is 11.4 Å². The summed E-state index contributed by atoms with van der Waals surface area (Å²) >= 11 is 11.5. The summed E-state index contributed by atoms with van der Waals surface area (Å²) in [5.74, 6) is -1.06. The average Bonchev–Trinajstić information content (AvgIpc) is 2.64. The molecule has 0 aromatic carbocycles. The van der Waals surface area contributed by atoms with Gasteiger partial charge < -0.3 is 5.11 Å². The zero-order chi connectivity index (χ0) is 12.6. The van der Waals surface area contributed by atoms with Gasteiger partial charge in [-0.05, 0) is 6.92 Å². The number of aromatic nitrogens is 4. The Balaban J connectivity index is 2.57. The van der Waals surface area contributed by atoms with Crippen molar-refractivity contribution in [2.75, 3.05) is 0 Å². The van der Waals surface area contributed by atoms with Gasteiger partial charge in [-0.15, -0.1) is 10.2 Å². The van der Waals surface area contributed by atoms with Crippen LogP contribution < -0.4 is 0 Å². The van der Waals surface area contributed by atoms with Crippen molar-refractivity contribution in [1.82, 2.24) is 20.0 Å². The first-order valence-corrected chi connectivity index (χ1v) is 5.23. The zero-order valence-electron chi connectivity index (χ0n) is 8.55. The highest BCUT2D eigenvalue weighted by atomic mass is 35.5. The number of carbonyl (C=O) groups is 1.